The van der Waals surface area contributed by atoms with Gasteiger partial charge in [0.25, 0.3) is 0 Å². The van der Waals surface area contributed by atoms with Crippen LogP contribution in [0.4, 0.5) is 0 Å². The van der Waals surface area contributed by atoms with Crippen molar-refractivity contribution in [3.63, 3.8) is 0 Å². The highest BCUT2D eigenvalue weighted by Gasteiger charge is 2.80. The van der Waals surface area contributed by atoms with Crippen LogP contribution < -0.4 is 11.1 Å². The Labute approximate surface area is 341 Å². The van der Waals surface area contributed by atoms with Gasteiger partial charge in [-0.05, 0) is 154 Å². The van der Waals surface area contributed by atoms with Crippen LogP contribution in [-0.2, 0) is 14.3 Å². The summed E-state index contributed by atoms with van der Waals surface area (Å²) < 4.78 is 14.0. The van der Waals surface area contributed by atoms with E-state index in [0.29, 0.717) is 56.0 Å². The van der Waals surface area contributed by atoms with Crippen molar-refractivity contribution in [1.29, 1.82) is 0 Å². The summed E-state index contributed by atoms with van der Waals surface area (Å²) in [4.78, 5) is 15.1. The van der Waals surface area contributed by atoms with E-state index in [-0.39, 0.29) is 47.6 Å². The van der Waals surface area contributed by atoms with Gasteiger partial charge in [-0.15, -0.1) is 0 Å². The number of ketones is 1. The summed E-state index contributed by atoms with van der Waals surface area (Å²) in [5.41, 5.74) is 4.51. The van der Waals surface area contributed by atoms with Gasteiger partial charge in [0.15, 0.2) is 5.78 Å². The number of rotatable bonds is 13. The van der Waals surface area contributed by atoms with Crippen molar-refractivity contribution in [2.45, 2.75) is 179 Å². The molecule has 0 aromatic rings. The maximum Gasteiger partial charge on any atom is 0.162 e. The Morgan fingerprint density at radius 2 is 1.86 bits per heavy atom. The molecule has 0 spiro atoms. The Kier molecular flexibility index (Phi) is 10.1. The molecular weight excluding hydrogens is 717 g/mol. The van der Waals surface area contributed by atoms with Gasteiger partial charge in [-0.3, -0.25) is 4.79 Å². The third-order valence-corrected chi connectivity index (χ3v) is 19.0. The number of hydrogen-bond donors (Lipinski definition) is 6. The van der Waals surface area contributed by atoms with Crippen molar-refractivity contribution in [3.05, 3.63) is 34.7 Å². The summed E-state index contributed by atoms with van der Waals surface area (Å²) in [6.45, 7) is 11.9. The van der Waals surface area contributed by atoms with E-state index in [9.17, 15) is 20.4 Å². The van der Waals surface area contributed by atoms with Crippen molar-refractivity contribution in [2.75, 3.05) is 19.8 Å². The number of unbranched alkanes of at least 4 members (excludes halogenated alkanes) is 3. The molecule has 16 atom stereocenters. The zero-order valence-electron chi connectivity index (χ0n) is 35.7. The van der Waals surface area contributed by atoms with Gasteiger partial charge in [0, 0.05) is 29.9 Å². The molecule has 9 nitrogen and oxygen atoms in total. The largest absolute Gasteiger partial charge is 0.396 e. The number of epoxide rings is 1. The molecule has 9 heteroatoms. The predicted molar refractivity (Wildman–Crippen MR) is 219 cm³/mol. The molecule has 0 amide bonds. The van der Waals surface area contributed by atoms with Crippen LogP contribution in [0.3, 0.4) is 0 Å². The van der Waals surface area contributed by atoms with E-state index in [4.69, 9.17) is 15.2 Å². The normalized spacial score (nSPS) is 47.9. The minimum Gasteiger partial charge on any atom is -0.396 e. The van der Waals surface area contributed by atoms with Crippen LogP contribution in [-0.4, -0.2) is 81.1 Å². The lowest BCUT2D eigenvalue weighted by atomic mass is 9.35. The summed E-state index contributed by atoms with van der Waals surface area (Å²) in [7, 11) is 0. The topological polar surface area (TPSA) is 158 Å². The molecule has 0 radical (unpaired) electrons. The van der Waals surface area contributed by atoms with E-state index < -0.39 is 39.8 Å². The molecule has 16 unspecified atom stereocenters. The number of ether oxygens (including phenoxy) is 2. The lowest BCUT2D eigenvalue weighted by Gasteiger charge is -2.70. The van der Waals surface area contributed by atoms with E-state index in [1.54, 1.807) is 0 Å². The Morgan fingerprint density at radius 1 is 1.05 bits per heavy atom. The van der Waals surface area contributed by atoms with Crippen LogP contribution in [0.25, 0.3) is 0 Å². The minimum atomic E-state index is -1.35. The fourth-order valence-corrected chi connectivity index (χ4v) is 16.0. The van der Waals surface area contributed by atoms with Crippen LogP contribution >= 0.6 is 0 Å². The highest BCUT2D eigenvalue weighted by molar-refractivity contribution is 6.00. The van der Waals surface area contributed by atoms with E-state index in [1.807, 2.05) is 19.9 Å². The first-order valence-electron chi connectivity index (χ1n) is 23.3. The van der Waals surface area contributed by atoms with Crippen molar-refractivity contribution in [2.24, 2.45) is 63.4 Å². The molecular formula is C48H74N2O7. The van der Waals surface area contributed by atoms with Gasteiger partial charge in [0.05, 0.1) is 29.7 Å². The zero-order valence-corrected chi connectivity index (χ0v) is 35.7. The molecule has 57 heavy (non-hydrogen) atoms. The first kappa shape index (κ1) is 40.6. The van der Waals surface area contributed by atoms with Gasteiger partial charge in [0.1, 0.15) is 17.8 Å². The molecule has 6 aliphatic carbocycles. The lowest BCUT2D eigenvalue weighted by molar-refractivity contribution is -0.219. The van der Waals surface area contributed by atoms with E-state index in [2.05, 4.69) is 32.2 Å². The van der Waals surface area contributed by atoms with Gasteiger partial charge in [-0.25, -0.2) is 0 Å². The Hall–Kier alpha value is -1.75. The third kappa shape index (κ3) is 5.70. The number of carbonyl (C=O) groups is 1. The average Bonchev–Trinajstić information content (AvgIpc) is 3.96. The molecule has 4 saturated carbocycles. The molecule has 0 aromatic heterocycles. The zero-order chi connectivity index (χ0) is 40.3. The van der Waals surface area contributed by atoms with Gasteiger partial charge in [-0.1, -0.05) is 59.5 Å². The summed E-state index contributed by atoms with van der Waals surface area (Å²) in [5, 5.41) is 52.0. The molecule has 3 heterocycles. The smallest absolute Gasteiger partial charge is 0.162 e. The van der Waals surface area contributed by atoms with Crippen molar-refractivity contribution in [1.82, 2.24) is 5.32 Å². The van der Waals surface area contributed by atoms with Gasteiger partial charge in [0.2, 0.25) is 0 Å². The summed E-state index contributed by atoms with van der Waals surface area (Å²) in [6.07, 6.45) is 18.2. The van der Waals surface area contributed by atoms with E-state index >= 15 is 4.79 Å². The van der Waals surface area contributed by atoms with Crippen LogP contribution in [0.1, 0.15) is 144 Å². The van der Waals surface area contributed by atoms with Crippen molar-refractivity contribution in [3.8, 4) is 0 Å². The molecule has 9 aliphatic rings. The average molecular weight is 791 g/mol. The second-order valence-corrected chi connectivity index (χ2v) is 21.8. The Morgan fingerprint density at radius 3 is 2.60 bits per heavy atom. The fourth-order valence-electron chi connectivity index (χ4n) is 16.0. The van der Waals surface area contributed by atoms with Crippen LogP contribution in [0.15, 0.2) is 34.7 Å². The number of nitrogens with two attached hydrogens (primary N) is 1. The number of dihydropyridines is 1. The molecule has 318 valence electrons. The molecule has 7 N–H and O–H groups in total. The van der Waals surface area contributed by atoms with Crippen LogP contribution in [0.5, 0.6) is 0 Å². The SMILES string of the molecule is CCCCCCC12C3CCC4CC5(C)C(C6(C7OC7C(C)(O)C(C)(CO)CCC7=CCNC(N)=C7)CC(C)CCO6)CC6CCC(=C(C41)C65O)C(=O)C2CC(O)C3. The number of Topliss-reactive ketones (excluding diaryl/α,β-unsaturated/α-hetero) is 1. The summed E-state index contributed by atoms with van der Waals surface area (Å²) >= 11 is 0. The maximum atomic E-state index is 15.1. The van der Waals surface area contributed by atoms with Crippen molar-refractivity contribution >= 4 is 5.78 Å². The highest BCUT2D eigenvalue weighted by atomic mass is 16.6. The van der Waals surface area contributed by atoms with Crippen LogP contribution in [0, 0.1) is 57.7 Å². The van der Waals surface area contributed by atoms with Crippen LogP contribution in [0.2, 0.25) is 0 Å². The van der Waals surface area contributed by atoms with Crippen molar-refractivity contribution < 1.29 is 34.7 Å². The molecule has 9 rings (SSSR count). The molecule has 0 bridgehead atoms. The second kappa shape index (κ2) is 14.2. The quantitative estimate of drug-likeness (QED) is 0.0892. The minimum absolute atomic E-state index is 0.0195. The summed E-state index contributed by atoms with van der Waals surface area (Å²) in [6, 6.07) is 0. The standard InChI is InChI=1S/C48H74N2O7/c1-6-7-8-9-17-46-31-11-10-30-26-44(4)36(23-32-12-13-34(39(38(30)46)48(32,44)55)40(53)35(46)24-33(52)22-31)47(25-28(2)16-20-56-47)42-41(57-42)45(5,54)43(3,27-51)18-14-29-15-19-50-37(49)21-29/h15,21,28,30-33,35-36,38,41-42,50-52,54-55H,6-14,16-20,22-27,49H2,1-5H3. The lowest BCUT2D eigenvalue weighted by Crippen LogP contribution is -2.70. The number of hydrogen-bond acceptors (Lipinski definition) is 9. The van der Waals surface area contributed by atoms with Gasteiger partial charge >= 0.3 is 0 Å². The molecule has 3 aliphatic heterocycles. The number of aliphatic hydroxyl groups excluding tert-OH is 2. The van der Waals surface area contributed by atoms with Gasteiger partial charge < -0.3 is 41.0 Å². The number of carbonyl (C=O) groups excluding carboxylic acids is 1. The second-order valence-electron chi connectivity index (χ2n) is 21.8. The molecule has 2 saturated heterocycles. The van der Waals surface area contributed by atoms with Gasteiger partial charge in [-0.2, -0.15) is 0 Å². The predicted octanol–water partition coefficient (Wildman–Crippen LogP) is 6.62. The number of nitrogens with one attached hydrogen (secondary N) is 1. The molecule has 0 aromatic carbocycles. The number of allylic oxidation sites excluding steroid dienone is 3. The molecule has 6 fully saturated rings. The Bertz CT molecular complexity index is 1710. The summed E-state index contributed by atoms with van der Waals surface area (Å²) in [5.74, 6) is 2.02. The highest BCUT2D eigenvalue weighted by Crippen LogP contribution is 2.78. The number of aliphatic hydroxyl groups is 4. The third-order valence-electron chi connectivity index (χ3n) is 19.0. The fraction of sp³-hybridized carbons (Fsp3) is 0.854. The van der Waals surface area contributed by atoms with E-state index in [1.165, 1.54) is 19.3 Å². The maximum absolute atomic E-state index is 15.1. The monoisotopic (exact) mass is 791 g/mol. The first-order chi connectivity index (χ1) is 27.1. The first-order valence-corrected chi connectivity index (χ1v) is 23.3. The Balaban J connectivity index is 1.09. The van der Waals surface area contributed by atoms with E-state index in [0.717, 1.165) is 87.3 Å².